The summed E-state index contributed by atoms with van der Waals surface area (Å²) in [4.78, 5) is 23.5. The molecule has 0 radical (unpaired) electrons. The zero-order valence-electron chi connectivity index (χ0n) is 14.9. The SMILES string of the molecule is CNC(=O)c1ccc(NCC(=O)Nc2ccc(OCCOC)cc2)cc1. The molecule has 7 heteroatoms. The second-order valence-electron chi connectivity index (χ2n) is 5.42. The van der Waals surface area contributed by atoms with Crippen molar-refractivity contribution >= 4 is 23.2 Å². The number of methoxy groups -OCH3 is 1. The van der Waals surface area contributed by atoms with Crippen LogP contribution in [0.15, 0.2) is 48.5 Å². The van der Waals surface area contributed by atoms with Gasteiger partial charge >= 0.3 is 0 Å². The maximum Gasteiger partial charge on any atom is 0.251 e. The summed E-state index contributed by atoms with van der Waals surface area (Å²) in [6.07, 6.45) is 0. The molecule has 0 aliphatic carbocycles. The summed E-state index contributed by atoms with van der Waals surface area (Å²) in [5, 5.41) is 8.37. The molecule has 7 nitrogen and oxygen atoms in total. The average Bonchev–Trinajstić information content (AvgIpc) is 2.68. The summed E-state index contributed by atoms with van der Waals surface area (Å²) in [5.74, 6) is 0.395. The van der Waals surface area contributed by atoms with Gasteiger partial charge in [-0.15, -0.1) is 0 Å². The van der Waals surface area contributed by atoms with Gasteiger partial charge in [-0.2, -0.15) is 0 Å². The maximum absolute atomic E-state index is 12.0. The second kappa shape index (κ2) is 10.0. The summed E-state index contributed by atoms with van der Waals surface area (Å²) in [7, 11) is 3.20. The number of rotatable bonds is 9. The van der Waals surface area contributed by atoms with Crippen molar-refractivity contribution in [1.29, 1.82) is 0 Å². The number of carbonyl (C=O) groups is 2. The summed E-state index contributed by atoms with van der Waals surface area (Å²) in [6, 6.07) is 14.0. The Kier molecular flexibility index (Phi) is 7.45. The van der Waals surface area contributed by atoms with Gasteiger partial charge in [0.05, 0.1) is 13.2 Å². The number of hydrogen-bond acceptors (Lipinski definition) is 5. The molecule has 0 spiro atoms. The van der Waals surface area contributed by atoms with E-state index in [2.05, 4.69) is 16.0 Å². The zero-order valence-corrected chi connectivity index (χ0v) is 14.9. The van der Waals surface area contributed by atoms with Crippen molar-refractivity contribution in [3.63, 3.8) is 0 Å². The largest absolute Gasteiger partial charge is 0.491 e. The Hall–Kier alpha value is -3.06. The van der Waals surface area contributed by atoms with Gasteiger partial charge in [-0.3, -0.25) is 9.59 Å². The zero-order chi connectivity index (χ0) is 18.8. The molecule has 3 N–H and O–H groups in total. The molecule has 0 fully saturated rings. The van der Waals surface area contributed by atoms with Crippen LogP contribution in [0.5, 0.6) is 5.75 Å². The van der Waals surface area contributed by atoms with Crippen LogP contribution < -0.4 is 20.7 Å². The third kappa shape index (κ3) is 6.10. The van der Waals surface area contributed by atoms with E-state index in [1.54, 1.807) is 62.7 Å². The Morgan fingerprint density at radius 2 is 1.58 bits per heavy atom. The first-order chi connectivity index (χ1) is 12.6. The Bertz CT molecular complexity index is 715. The number of amides is 2. The maximum atomic E-state index is 12.0. The molecule has 0 bridgehead atoms. The number of carbonyl (C=O) groups excluding carboxylic acids is 2. The molecule has 2 aromatic carbocycles. The number of anilines is 2. The molecule has 2 aromatic rings. The number of benzene rings is 2. The molecule has 0 unspecified atom stereocenters. The molecule has 0 heterocycles. The van der Waals surface area contributed by atoms with Crippen molar-refractivity contribution in [2.24, 2.45) is 0 Å². The summed E-state index contributed by atoms with van der Waals surface area (Å²) < 4.78 is 10.4. The van der Waals surface area contributed by atoms with Gasteiger partial charge in [-0.25, -0.2) is 0 Å². The Morgan fingerprint density at radius 1 is 0.923 bits per heavy atom. The number of hydrogen-bond donors (Lipinski definition) is 3. The smallest absolute Gasteiger partial charge is 0.251 e. The second-order valence-corrected chi connectivity index (χ2v) is 5.42. The molecule has 0 atom stereocenters. The van der Waals surface area contributed by atoms with Crippen LogP contribution in [0.3, 0.4) is 0 Å². The van der Waals surface area contributed by atoms with Gasteiger partial charge in [-0.1, -0.05) is 0 Å². The van der Waals surface area contributed by atoms with E-state index in [0.29, 0.717) is 24.5 Å². The summed E-state index contributed by atoms with van der Waals surface area (Å²) in [6.45, 7) is 1.12. The van der Waals surface area contributed by atoms with Crippen LogP contribution >= 0.6 is 0 Å². The van der Waals surface area contributed by atoms with E-state index in [-0.39, 0.29) is 18.4 Å². The van der Waals surface area contributed by atoms with E-state index in [1.165, 1.54) is 0 Å². The standard InChI is InChI=1S/C19H23N3O4/c1-20-19(24)14-3-5-15(6-4-14)21-13-18(23)22-16-7-9-17(10-8-16)26-12-11-25-2/h3-10,21H,11-13H2,1-2H3,(H,20,24)(H,22,23). The first kappa shape index (κ1) is 19.3. The fraction of sp³-hybridized carbons (Fsp3) is 0.263. The molecule has 138 valence electrons. The number of nitrogens with one attached hydrogen (secondary N) is 3. The Balaban J connectivity index is 1.78. The van der Waals surface area contributed by atoms with Crippen molar-refractivity contribution in [3.8, 4) is 5.75 Å². The molecular weight excluding hydrogens is 334 g/mol. The highest BCUT2D eigenvalue weighted by molar-refractivity contribution is 5.95. The first-order valence-corrected chi connectivity index (χ1v) is 8.20. The highest BCUT2D eigenvalue weighted by Gasteiger charge is 2.05. The van der Waals surface area contributed by atoms with Crippen LogP contribution in [0, 0.1) is 0 Å². The monoisotopic (exact) mass is 357 g/mol. The predicted molar refractivity (Wildman–Crippen MR) is 101 cm³/mol. The van der Waals surface area contributed by atoms with E-state index in [1.807, 2.05) is 0 Å². The molecule has 0 saturated carbocycles. The topological polar surface area (TPSA) is 88.7 Å². The molecule has 26 heavy (non-hydrogen) atoms. The van der Waals surface area contributed by atoms with Gasteiger partial charge in [0.1, 0.15) is 12.4 Å². The average molecular weight is 357 g/mol. The third-order valence-corrected chi connectivity index (χ3v) is 3.52. The predicted octanol–water partition coefficient (Wildman–Crippen LogP) is 2.12. The lowest BCUT2D eigenvalue weighted by atomic mass is 10.2. The van der Waals surface area contributed by atoms with Crippen LogP contribution in [-0.4, -0.2) is 45.7 Å². The van der Waals surface area contributed by atoms with Crippen molar-refractivity contribution in [2.45, 2.75) is 0 Å². The highest BCUT2D eigenvalue weighted by Crippen LogP contribution is 2.15. The third-order valence-electron chi connectivity index (χ3n) is 3.52. The van der Waals surface area contributed by atoms with Gasteiger partial charge in [0.25, 0.3) is 5.91 Å². The lowest BCUT2D eigenvalue weighted by molar-refractivity contribution is -0.114. The minimum atomic E-state index is -0.173. The lowest BCUT2D eigenvalue weighted by Crippen LogP contribution is -2.22. The van der Waals surface area contributed by atoms with Crippen molar-refractivity contribution in [1.82, 2.24) is 5.32 Å². The molecule has 2 amide bonds. The van der Waals surface area contributed by atoms with Gasteiger partial charge in [0, 0.05) is 31.1 Å². The van der Waals surface area contributed by atoms with Crippen LogP contribution in [0.25, 0.3) is 0 Å². The fourth-order valence-electron chi connectivity index (χ4n) is 2.15. The van der Waals surface area contributed by atoms with E-state index in [9.17, 15) is 9.59 Å². The Labute approximate surface area is 152 Å². The molecule has 2 rings (SSSR count). The van der Waals surface area contributed by atoms with Crippen molar-refractivity contribution < 1.29 is 19.1 Å². The molecule has 0 saturated heterocycles. The minimum absolute atomic E-state index is 0.116. The van der Waals surface area contributed by atoms with Gasteiger partial charge < -0.3 is 25.4 Å². The van der Waals surface area contributed by atoms with Crippen molar-refractivity contribution in [3.05, 3.63) is 54.1 Å². The highest BCUT2D eigenvalue weighted by atomic mass is 16.5. The van der Waals surface area contributed by atoms with E-state index in [4.69, 9.17) is 9.47 Å². The molecule has 0 aliphatic heterocycles. The molecule has 0 aromatic heterocycles. The van der Waals surface area contributed by atoms with E-state index >= 15 is 0 Å². The number of ether oxygens (including phenoxy) is 2. The summed E-state index contributed by atoms with van der Waals surface area (Å²) >= 11 is 0. The van der Waals surface area contributed by atoms with Crippen LogP contribution in [-0.2, 0) is 9.53 Å². The molecular formula is C19H23N3O4. The van der Waals surface area contributed by atoms with E-state index in [0.717, 1.165) is 11.4 Å². The van der Waals surface area contributed by atoms with Crippen LogP contribution in [0.2, 0.25) is 0 Å². The fourth-order valence-corrected chi connectivity index (χ4v) is 2.15. The Morgan fingerprint density at radius 3 is 2.19 bits per heavy atom. The van der Waals surface area contributed by atoms with Crippen LogP contribution in [0.1, 0.15) is 10.4 Å². The lowest BCUT2D eigenvalue weighted by Gasteiger charge is -2.10. The van der Waals surface area contributed by atoms with Crippen molar-refractivity contribution in [2.75, 3.05) is 44.5 Å². The molecule has 0 aliphatic rings. The summed E-state index contributed by atoms with van der Waals surface area (Å²) in [5.41, 5.74) is 2.01. The van der Waals surface area contributed by atoms with Gasteiger partial charge in [-0.05, 0) is 48.5 Å². The first-order valence-electron chi connectivity index (χ1n) is 8.20. The minimum Gasteiger partial charge on any atom is -0.491 e. The van der Waals surface area contributed by atoms with E-state index < -0.39 is 0 Å². The van der Waals surface area contributed by atoms with Crippen LogP contribution in [0.4, 0.5) is 11.4 Å². The normalized spacial score (nSPS) is 10.1. The van der Waals surface area contributed by atoms with Gasteiger partial charge in [0.15, 0.2) is 0 Å². The van der Waals surface area contributed by atoms with Gasteiger partial charge in [0.2, 0.25) is 5.91 Å². The quantitative estimate of drug-likeness (QED) is 0.598.